The van der Waals surface area contributed by atoms with Gasteiger partial charge < -0.3 is 14.5 Å². The maximum Gasteiger partial charge on any atom is 0.222 e. The maximum absolute atomic E-state index is 12.2. The minimum atomic E-state index is 0.122. The molecule has 0 unspecified atom stereocenters. The molecule has 2 rings (SSSR count). The summed E-state index contributed by atoms with van der Waals surface area (Å²) in [6.07, 6.45) is 1.62. The summed E-state index contributed by atoms with van der Waals surface area (Å²) >= 11 is 6.01. The third-order valence-corrected chi connectivity index (χ3v) is 4.23. The number of rotatable bonds is 6. The third kappa shape index (κ3) is 5.13. The van der Waals surface area contributed by atoms with Crippen molar-refractivity contribution in [3.8, 4) is 5.75 Å². The fourth-order valence-electron chi connectivity index (χ4n) is 2.55. The van der Waals surface area contributed by atoms with Gasteiger partial charge >= 0.3 is 0 Å². The molecule has 126 valence electrons. The van der Waals surface area contributed by atoms with Gasteiger partial charge in [0.05, 0.1) is 11.6 Å². The highest BCUT2D eigenvalue weighted by Gasteiger charge is 2.22. The van der Waals surface area contributed by atoms with Gasteiger partial charge in [0.1, 0.15) is 5.75 Å². The number of hydrogen-bond acceptors (Lipinski definition) is 3. The molecule has 0 spiro atoms. The van der Waals surface area contributed by atoms with Crippen LogP contribution in [0.4, 0.5) is 0 Å². The van der Waals surface area contributed by atoms with Gasteiger partial charge in [0.25, 0.3) is 0 Å². The minimum Gasteiger partial charge on any atom is -0.492 e. The van der Waals surface area contributed by atoms with Crippen LogP contribution in [-0.4, -0.2) is 54.4 Å². The first-order chi connectivity index (χ1) is 11.1. The topological polar surface area (TPSA) is 49.9 Å². The van der Waals surface area contributed by atoms with Crippen LogP contribution in [-0.2, 0) is 9.59 Å². The van der Waals surface area contributed by atoms with Gasteiger partial charge in [-0.05, 0) is 18.6 Å². The molecule has 0 N–H and O–H groups in total. The SMILES string of the molecule is CCC(=O)N1CCN(C(=O)CCCOc2ccccc2Cl)CC1. The molecule has 0 aliphatic carbocycles. The third-order valence-electron chi connectivity index (χ3n) is 3.92. The zero-order valence-electron chi connectivity index (χ0n) is 13.5. The molecule has 1 saturated heterocycles. The van der Waals surface area contributed by atoms with E-state index in [9.17, 15) is 9.59 Å². The van der Waals surface area contributed by atoms with E-state index in [1.807, 2.05) is 34.9 Å². The molecule has 2 amide bonds. The van der Waals surface area contributed by atoms with Gasteiger partial charge in [-0.1, -0.05) is 30.7 Å². The minimum absolute atomic E-state index is 0.122. The summed E-state index contributed by atoms with van der Waals surface area (Å²) in [5.74, 6) is 0.926. The van der Waals surface area contributed by atoms with Gasteiger partial charge in [0, 0.05) is 39.0 Å². The monoisotopic (exact) mass is 338 g/mol. The first kappa shape index (κ1) is 17.6. The summed E-state index contributed by atoms with van der Waals surface area (Å²) in [4.78, 5) is 27.4. The van der Waals surface area contributed by atoms with Crippen LogP contribution >= 0.6 is 11.6 Å². The second kappa shape index (κ2) is 8.77. The van der Waals surface area contributed by atoms with Crippen molar-refractivity contribution in [3.63, 3.8) is 0 Å². The van der Waals surface area contributed by atoms with Gasteiger partial charge in [-0.15, -0.1) is 0 Å². The predicted octanol–water partition coefficient (Wildman–Crippen LogP) is 2.58. The average molecular weight is 339 g/mol. The number of ether oxygens (including phenoxy) is 1. The highest BCUT2D eigenvalue weighted by molar-refractivity contribution is 6.32. The number of hydrogen-bond donors (Lipinski definition) is 0. The number of nitrogens with zero attached hydrogens (tertiary/aromatic N) is 2. The van der Waals surface area contributed by atoms with Crippen LogP contribution in [0.15, 0.2) is 24.3 Å². The van der Waals surface area contributed by atoms with Crippen LogP contribution in [0, 0.1) is 0 Å². The predicted molar refractivity (Wildman–Crippen MR) is 89.6 cm³/mol. The zero-order chi connectivity index (χ0) is 16.7. The van der Waals surface area contributed by atoms with Gasteiger partial charge in [0.15, 0.2) is 0 Å². The molecule has 0 radical (unpaired) electrons. The second-order valence-electron chi connectivity index (χ2n) is 5.50. The molecule has 1 aliphatic heterocycles. The van der Waals surface area contributed by atoms with Crippen LogP contribution in [0.1, 0.15) is 26.2 Å². The molecule has 0 aromatic heterocycles. The van der Waals surface area contributed by atoms with Crippen molar-refractivity contribution in [1.29, 1.82) is 0 Å². The Labute approximate surface area is 142 Å². The lowest BCUT2D eigenvalue weighted by Gasteiger charge is -2.34. The van der Waals surface area contributed by atoms with Crippen LogP contribution < -0.4 is 4.74 Å². The first-order valence-corrected chi connectivity index (χ1v) is 8.42. The molecular weight excluding hydrogens is 316 g/mol. The van der Waals surface area contributed by atoms with Crippen molar-refractivity contribution < 1.29 is 14.3 Å². The van der Waals surface area contributed by atoms with Crippen molar-refractivity contribution in [1.82, 2.24) is 9.80 Å². The molecule has 1 fully saturated rings. The van der Waals surface area contributed by atoms with E-state index in [2.05, 4.69) is 0 Å². The Kier molecular flexibility index (Phi) is 6.71. The number of amides is 2. The van der Waals surface area contributed by atoms with E-state index in [0.29, 0.717) is 62.8 Å². The van der Waals surface area contributed by atoms with Crippen molar-refractivity contribution in [2.24, 2.45) is 0 Å². The number of halogens is 1. The van der Waals surface area contributed by atoms with Crippen molar-refractivity contribution in [2.45, 2.75) is 26.2 Å². The van der Waals surface area contributed by atoms with Gasteiger partial charge in [-0.3, -0.25) is 9.59 Å². The summed E-state index contributed by atoms with van der Waals surface area (Å²) in [5.41, 5.74) is 0. The molecule has 0 atom stereocenters. The summed E-state index contributed by atoms with van der Waals surface area (Å²) < 4.78 is 5.58. The lowest BCUT2D eigenvalue weighted by atomic mass is 10.2. The Hall–Kier alpha value is -1.75. The summed E-state index contributed by atoms with van der Waals surface area (Å²) in [6.45, 7) is 4.83. The molecule has 23 heavy (non-hydrogen) atoms. The molecule has 1 aromatic rings. The molecule has 1 heterocycles. The van der Waals surface area contributed by atoms with E-state index in [0.717, 1.165) is 0 Å². The van der Waals surface area contributed by atoms with Gasteiger partial charge in [0.2, 0.25) is 11.8 Å². The molecule has 6 heteroatoms. The molecular formula is C17H23ClN2O3. The van der Waals surface area contributed by atoms with E-state index >= 15 is 0 Å². The Balaban J connectivity index is 1.66. The molecule has 0 saturated carbocycles. The van der Waals surface area contributed by atoms with Crippen LogP contribution in [0.2, 0.25) is 5.02 Å². The largest absolute Gasteiger partial charge is 0.492 e. The Bertz CT molecular complexity index is 542. The lowest BCUT2D eigenvalue weighted by molar-refractivity contribution is -0.139. The number of carbonyl (C=O) groups is 2. The van der Waals surface area contributed by atoms with E-state index in [-0.39, 0.29) is 11.8 Å². The van der Waals surface area contributed by atoms with Crippen LogP contribution in [0.5, 0.6) is 5.75 Å². The number of benzene rings is 1. The number of piperazine rings is 1. The van der Waals surface area contributed by atoms with Gasteiger partial charge in [-0.2, -0.15) is 0 Å². The quantitative estimate of drug-likeness (QED) is 0.749. The Morgan fingerprint density at radius 3 is 2.30 bits per heavy atom. The van der Waals surface area contributed by atoms with E-state index in [4.69, 9.17) is 16.3 Å². The summed E-state index contributed by atoms with van der Waals surface area (Å²) in [6, 6.07) is 7.30. The van der Waals surface area contributed by atoms with E-state index in [1.54, 1.807) is 6.07 Å². The fourth-order valence-corrected chi connectivity index (χ4v) is 2.74. The molecule has 1 aliphatic rings. The number of para-hydroxylation sites is 1. The van der Waals surface area contributed by atoms with Gasteiger partial charge in [-0.25, -0.2) is 0 Å². The van der Waals surface area contributed by atoms with Crippen LogP contribution in [0.3, 0.4) is 0 Å². The Morgan fingerprint density at radius 2 is 1.70 bits per heavy atom. The first-order valence-electron chi connectivity index (χ1n) is 8.04. The van der Waals surface area contributed by atoms with E-state index in [1.165, 1.54) is 0 Å². The summed E-state index contributed by atoms with van der Waals surface area (Å²) in [5, 5.41) is 0.579. The highest BCUT2D eigenvalue weighted by Crippen LogP contribution is 2.23. The highest BCUT2D eigenvalue weighted by atomic mass is 35.5. The Morgan fingerprint density at radius 1 is 1.09 bits per heavy atom. The molecule has 0 bridgehead atoms. The summed E-state index contributed by atoms with van der Waals surface area (Å²) in [7, 11) is 0. The second-order valence-corrected chi connectivity index (χ2v) is 5.90. The average Bonchev–Trinajstić information content (AvgIpc) is 2.59. The molecule has 1 aromatic carbocycles. The maximum atomic E-state index is 12.2. The normalized spacial score (nSPS) is 14.7. The van der Waals surface area contributed by atoms with Crippen LogP contribution in [0.25, 0.3) is 0 Å². The molecule has 5 nitrogen and oxygen atoms in total. The van der Waals surface area contributed by atoms with Crippen molar-refractivity contribution in [2.75, 3.05) is 32.8 Å². The smallest absolute Gasteiger partial charge is 0.222 e. The number of carbonyl (C=O) groups excluding carboxylic acids is 2. The standard InChI is InChI=1S/C17H23ClN2O3/c1-2-16(21)19-9-11-20(12-10-19)17(22)8-5-13-23-15-7-4-3-6-14(15)18/h3-4,6-7H,2,5,8-13H2,1H3. The van der Waals surface area contributed by atoms with E-state index < -0.39 is 0 Å². The fraction of sp³-hybridized carbons (Fsp3) is 0.529. The van der Waals surface area contributed by atoms with Crippen molar-refractivity contribution in [3.05, 3.63) is 29.3 Å². The zero-order valence-corrected chi connectivity index (χ0v) is 14.2. The lowest BCUT2D eigenvalue weighted by Crippen LogP contribution is -2.50. The van der Waals surface area contributed by atoms with Crippen molar-refractivity contribution >= 4 is 23.4 Å².